The predicted octanol–water partition coefficient (Wildman–Crippen LogP) is 7.23. The van der Waals surface area contributed by atoms with Gasteiger partial charge in [0.05, 0.1) is 11.1 Å². The number of nitrogens with zero attached hydrogens (tertiary/aromatic N) is 2. The molecule has 2 aromatic heterocycles. The minimum Gasteiger partial charge on any atom is -0.268 e. The van der Waals surface area contributed by atoms with Gasteiger partial charge in [0, 0.05) is 20.7 Å². The van der Waals surface area contributed by atoms with Gasteiger partial charge in [0.2, 0.25) is 0 Å². The number of halogens is 2. The number of aryl methyl sites for hydroxylation is 3. The quantitative estimate of drug-likeness (QED) is 0.225. The van der Waals surface area contributed by atoms with Crippen LogP contribution in [0.3, 0.4) is 0 Å². The molecule has 7 heteroatoms. The summed E-state index contributed by atoms with van der Waals surface area (Å²) in [6, 6.07) is 13.5. The van der Waals surface area contributed by atoms with Crippen LogP contribution < -0.4 is 5.56 Å². The van der Waals surface area contributed by atoms with Crippen LogP contribution in [0.2, 0.25) is 10.0 Å². The van der Waals surface area contributed by atoms with Crippen LogP contribution in [0.1, 0.15) is 34.4 Å². The van der Waals surface area contributed by atoms with Gasteiger partial charge in [-0.25, -0.2) is 4.98 Å². The third kappa shape index (κ3) is 4.05. The van der Waals surface area contributed by atoms with Crippen LogP contribution in [0.25, 0.3) is 15.9 Å². The summed E-state index contributed by atoms with van der Waals surface area (Å²) in [5.41, 5.74) is 4.19. The first-order chi connectivity index (χ1) is 15.0. The van der Waals surface area contributed by atoms with Gasteiger partial charge in [0.1, 0.15) is 4.83 Å². The van der Waals surface area contributed by atoms with Crippen molar-refractivity contribution < 1.29 is 0 Å². The number of thioether (sulfide) groups is 1. The van der Waals surface area contributed by atoms with Crippen molar-refractivity contribution in [2.45, 2.75) is 43.5 Å². The number of benzene rings is 2. The smallest absolute Gasteiger partial charge is 0.267 e. The van der Waals surface area contributed by atoms with Crippen LogP contribution in [0.4, 0.5) is 0 Å². The molecule has 0 unspecified atom stereocenters. The molecule has 0 fully saturated rings. The minimum atomic E-state index is 0.0259. The number of thiophene rings is 1. The fourth-order valence-electron chi connectivity index (χ4n) is 3.99. The zero-order valence-electron chi connectivity index (χ0n) is 17.0. The molecule has 2 heterocycles. The van der Waals surface area contributed by atoms with Gasteiger partial charge < -0.3 is 0 Å². The van der Waals surface area contributed by atoms with E-state index in [0.29, 0.717) is 21.0 Å². The van der Waals surface area contributed by atoms with Gasteiger partial charge in [-0.05, 0) is 68.0 Å². The first-order valence-electron chi connectivity index (χ1n) is 10.2. The van der Waals surface area contributed by atoms with Crippen LogP contribution in [0.5, 0.6) is 0 Å². The summed E-state index contributed by atoms with van der Waals surface area (Å²) in [7, 11) is 0. The Hall–Kier alpha value is -1.79. The second-order valence-corrected chi connectivity index (χ2v) is 10.7. The van der Waals surface area contributed by atoms with Crippen molar-refractivity contribution in [1.29, 1.82) is 0 Å². The molecular weight excluding hydrogens is 467 g/mol. The van der Waals surface area contributed by atoms with Crippen LogP contribution in [0.15, 0.2) is 52.4 Å². The molecule has 3 nitrogen and oxygen atoms in total. The fourth-order valence-corrected chi connectivity index (χ4v) is 6.86. The van der Waals surface area contributed by atoms with E-state index in [0.717, 1.165) is 46.3 Å². The van der Waals surface area contributed by atoms with E-state index in [1.807, 2.05) is 43.3 Å². The lowest BCUT2D eigenvalue weighted by atomic mass is 9.97. The number of hydrogen-bond acceptors (Lipinski definition) is 4. The maximum absolute atomic E-state index is 13.8. The Balaban J connectivity index is 1.65. The van der Waals surface area contributed by atoms with E-state index >= 15 is 0 Å². The molecule has 0 atom stereocenters. The van der Waals surface area contributed by atoms with E-state index in [9.17, 15) is 4.79 Å². The fraction of sp³-hybridized carbons (Fsp3) is 0.250. The van der Waals surface area contributed by atoms with Gasteiger partial charge in [0.25, 0.3) is 5.56 Å². The Labute approximate surface area is 199 Å². The van der Waals surface area contributed by atoms with Crippen molar-refractivity contribution in [2.24, 2.45) is 0 Å². The summed E-state index contributed by atoms with van der Waals surface area (Å²) in [4.78, 5) is 20.9. The zero-order chi connectivity index (χ0) is 21.5. The van der Waals surface area contributed by atoms with Crippen molar-refractivity contribution in [3.63, 3.8) is 0 Å². The molecule has 0 N–H and O–H groups in total. The highest BCUT2D eigenvalue weighted by Gasteiger charge is 2.23. The molecule has 0 saturated carbocycles. The van der Waals surface area contributed by atoms with Gasteiger partial charge >= 0.3 is 0 Å². The number of aromatic nitrogens is 2. The molecule has 0 saturated heterocycles. The zero-order valence-corrected chi connectivity index (χ0v) is 20.1. The highest BCUT2D eigenvalue weighted by Crippen LogP contribution is 2.36. The molecule has 0 aliphatic heterocycles. The molecule has 31 heavy (non-hydrogen) atoms. The van der Waals surface area contributed by atoms with E-state index in [1.54, 1.807) is 22.0 Å². The van der Waals surface area contributed by atoms with E-state index in [1.165, 1.54) is 28.6 Å². The third-order valence-corrected chi connectivity index (χ3v) is 8.38. The van der Waals surface area contributed by atoms with Crippen molar-refractivity contribution in [1.82, 2.24) is 9.55 Å². The number of fused-ring (bicyclic) bond motifs is 3. The monoisotopic (exact) mass is 486 g/mol. The maximum Gasteiger partial charge on any atom is 0.267 e. The Kier molecular flexibility index (Phi) is 5.86. The SMILES string of the molecule is Cc1ccc(-n2c(SCc3ccc(Cl)cc3Cl)nc3sc4c(c3c2=O)CCCC4)cc1. The average Bonchev–Trinajstić information content (AvgIpc) is 3.13. The van der Waals surface area contributed by atoms with Crippen molar-refractivity contribution in [3.8, 4) is 5.69 Å². The molecular formula is C24H20Cl2N2OS2. The maximum atomic E-state index is 13.8. The van der Waals surface area contributed by atoms with Crippen LogP contribution in [0, 0.1) is 6.92 Å². The second kappa shape index (κ2) is 8.62. The Morgan fingerprint density at radius 2 is 1.87 bits per heavy atom. The van der Waals surface area contributed by atoms with Crippen LogP contribution in [-0.2, 0) is 18.6 Å². The molecule has 1 aliphatic rings. The van der Waals surface area contributed by atoms with Gasteiger partial charge in [0.15, 0.2) is 5.16 Å². The van der Waals surface area contributed by atoms with E-state index in [-0.39, 0.29) is 5.56 Å². The molecule has 4 aromatic rings. The summed E-state index contributed by atoms with van der Waals surface area (Å²) >= 11 is 15.6. The topological polar surface area (TPSA) is 34.9 Å². The third-order valence-electron chi connectivity index (χ3n) is 5.62. The van der Waals surface area contributed by atoms with E-state index in [2.05, 4.69) is 0 Å². The van der Waals surface area contributed by atoms with Crippen molar-refractivity contribution >= 4 is 56.5 Å². The standard InChI is InChI=1S/C24H20Cl2N2OS2/c1-14-6-10-17(11-7-14)28-23(29)21-18-4-2-3-5-20(18)31-22(21)27-24(28)30-13-15-8-9-16(25)12-19(15)26/h6-12H,2-5,13H2,1H3. The minimum absolute atomic E-state index is 0.0259. The number of rotatable bonds is 4. The second-order valence-electron chi connectivity index (χ2n) is 7.79. The summed E-state index contributed by atoms with van der Waals surface area (Å²) < 4.78 is 1.76. The van der Waals surface area contributed by atoms with Gasteiger partial charge in [-0.2, -0.15) is 0 Å². The molecule has 5 rings (SSSR count). The van der Waals surface area contributed by atoms with Crippen molar-refractivity contribution in [2.75, 3.05) is 0 Å². The van der Waals surface area contributed by atoms with E-state index < -0.39 is 0 Å². The molecule has 0 amide bonds. The predicted molar refractivity (Wildman–Crippen MR) is 133 cm³/mol. The van der Waals surface area contributed by atoms with E-state index in [4.69, 9.17) is 28.2 Å². The molecule has 0 radical (unpaired) electrons. The average molecular weight is 487 g/mol. The molecule has 0 spiro atoms. The summed E-state index contributed by atoms with van der Waals surface area (Å²) in [6.45, 7) is 2.04. The molecule has 0 bridgehead atoms. The Bertz CT molecular complexity index is 1340. The largest absolute Gasteiger partial charge is 0.268 e. The lowest BCUT2D eigenvalue weighted by Crippen LogP contribution is -2.22. The van der Waals surface area contributed by atoms with Crippen LogP contribution >= 0.6 is 46.3 Å². The first kappa shape index (κ1) is 21.1. The summed E-state index contributed by atoms with van der Waals surface area (Å²) in [5, 5.41) is 2.72. The highest BCUT2D eigenvalue weighted by molar-refractivity contribution is 7.98. The molecule has 1 aliphatic carbocycles. The lowest BCUT2D eigenvalue weighted by molar-refractivity contribution is 0.699. The van der Waals surface area contributed by atoms with Crippen LogP contribution in [-0.4, -0.2) is 9.55 Å². The lowest BCUT2D eigenvalue weighted by Gasteiger charge is -2.14. The van der Waals surface area contributed by atoms with Gasteiger partial charge in [-0.15, -0.1) is 11.3 Å². The van der Waals surface area contributed by atoms with Gasteiger partial charge in [-0.1, -0.05) is 58.7 Å². The molecule has 2 aromatic carbocycles. The number of hydrogen-bond donors (Lipinski definition) is 0. The summed E-state index contributed by atoms with van der Waals surface area (Å²) in [5.74, 6) is 0.602. The Morgan fingerprint density at radius 1 is 1.10 bits per heavy atom. The summed E-state index contributed by atoms with van der Waals surface area (Å²) in [6.07, 6.45) is 4.33. The highest BCUT2D eigenvalue weighted by atomic mass is 35.5. The first-order valence-corrected chi connectivity index (χ1v) is 12.8. The molecule has 158 valence electrons. The van der Waals surface area contributed by atoms with Gasteiger partial charge in [-0.3, -0.25) is 9.36 Å². The van der Waals surface area contributed by atoms with Crippen molar-refractivity contribution in [3.05, 3.63) is 84.4 Å². The normalized spacial score (nSPS) is 13.5. The Morgan fingerprint density at radius 3 is 2.65 bits per heavy atom.